The summed E-state index contributed by atoms with van der Waals surface area (Å²) in [6.45, 7) is 20.4. The Morgan fingerprint density at radius 3 is 2.52 bits per heavy atom. The monoisotopic (exact) mass is 564 g/mol. The fourth-order valence-electron chi connectivity index (χ4n) is 5.90. The predicted molar refractivity (Wildman–Crippen MR) is 174 cm³/mol. The largest absolute Gasteiger partial charge is 0.367 e. The molecule has 8 heteroatoms. The van der Waals surface area contributed by atoms with Gasteiger partial charge in [0.05, 0.1) is 16.9 Å². The van der Waals surface area contributed by atoms with Gasteiger partial charge in [-0.25, -0.2) is 9.97 Å². The number of aryl methyl sites for hydroxylation is 1. The number of hydrogen-bond acceptors (Lipinski definition) is 6. The Morgan fingerprint density at radius 2 is 1.83 bits per heavy atom. The first-order chi connectivity index (χ1) is 20.4. The zero-order chi connectivity index (χ0) is 29.6. The first kappa shape index (κ1) is 29.3. The van der Waals surface area contributed by atoms with Gasteiger partial charge in [-0.3, -0.25) is 5.10 Å². The van der Waals surface area contributed by atoms with Crippen LogP contribution >= 0.6 is 0 Å². The van der Waals surface area contributed by atoms with Crippen LogP contribution in [0.5, 0.6) is 0 Å². The SMILES string of the molecule is C=C/C=C(\c1nc(-c2n[nH]c3ccc(C(/C=C(\C=C)NC(=C)C4CCCCC4)=C/C)nc23)[nH]c1C)N1CCN(C)CC1. The lowest BCUT2D eigenvalue weighted by molar-refractivity contribution is 0.207. The topological polar surface area (TPSA) is 88.8 Å². The average Bonchev–Trinajstić information content (AvgIpc) is 3.61. The summed E-state index contributed by atoms with van der Waals surface area (Å²) in [4.78, 5) is 18.3. The summed E-state index contributed by atoms with van der Waals surface area (Å²) < 4.78 is 0. The van der Waals surface area contributed by atoms with Gasteiger partial charge in [-0.15, -0.1) is 0 Å². The molecule has 1 saturated heterocycles. The molecule has 0 atom stereocenters. The molecule has 0 spiro atoms. The van der Waals surface area contributed by atoms with Crippen LogP contribution in [-0.2, 0) is 0 Å². The summed E-state index contributed by atoms with van der Waals surface area (Å²) in [5, 5.41) is 11.3. The number of H-pyrrole nitrogens is 2. The molecule has 2 aliphatic rings. The Balaban J connectivity index is 1.43. The zero-order valence-electron chi connectivity index (χ0n) is 25.3. The molecule has 3 aromatic heterocycles. The van der Waals surface area contributed by atoms with Crippen LogP contribution in [0.25, 0.3) is 33.8 Å². The Hall–Kier alpha value is -4.17. The number of pyridine rings is 1. The van der Waals surface area contributed by atoms with E-state index < -0.39 is 0 Å². The summed E-state index contributed by atoms with van der Waals surface area (Å²) in [5.74, 6) is 1.20. The van der Waals surface area contributed by atoms with Gasteiger partial charge in [0, 0.05) is 43.3 Å². The fraction of sp³-hybridized carbons (Fsp3) is 0.382. The van der Waals surface area contributed by atoms with E-state index in [1.54, 1.807) is 0 Å². The molecule has 0 aromatic carbocycles. The maximum Gasteiger partial charge on any atom is 0.161 e. The number of fused-ring (bicyclic) bond motifs is 1. The van der Waals surface area contributed by atoms with E-state index >= 15 is 0 Å². The average molecular weight is 565 g/mol. The van der Waals surface area contributed by atoms with Gasteiger partial charge in [-0.2, -0.15) is 5.10 Å². The maximum absolute atomic E-state index is 5.06. The highest BCUT2D eigenvalue weighted by atomic mass is 15.3. The minimum absolute atomic E-state index is 0.513. The predicted octanol–water partition coefficient (Wildman–Crippen LogP) is 6.59. The number of nitrogens with zero attached hydrogens (tertiary/aromatic N) is 5. The molecule has 4 heterocycles. The van der Waals surface area contributed by atoms with Crippen molar-refractivity contribution >= 4 is 22.3 Å². The Bertz CT molecular complexity index is 1530. The fourth-order valence-corrected chi connectivity index (χ4v) is 5.90. The van der Waals surface area contributed by atoms with Crippen molar-refractivity contribution in [2.24, 2.45) is 5.92 Å². The third kappa shape index (κ3) is 6.34. The highest BCUT2D eigenvalue weighted by Gasteiger charge is 2.23. The van der Waals surface area contributed by atoms with Crippen molar-refractivity contribution in [2.45, 2.75) is 46.0 Å². The number of aromatic nitrogens is 5. The van der Waals surface area contributed by atoms with Crippen LogP contribution in [0.1, 0.15) is 56.1 Å². The second-order valence-corrected chi connectivity index (χ2v) is 11.3. The van der Waals surface area contributed by atoms with Crippen LogP contribution in [0.4, 0.5) is 0 Å². The standard InChI is InChI=1S/C34H44N8/c1-7-13-30(42-20-18-41(6)19-21-42)31-24(5)36-34(38-31)33-32-29(39-40-33)17-16-28(37-32)25(8-2)22-27(9-3)35-23(4)26-14-11-10-12-15-26/h7-9,13,16-17,22,26,35H,1,3-4,10-12,14-15,18-21H2,2,5-6H3,(H,36,38)(H,39,40)/b25-8+,27-22+,30-13+. The molecule has 8 nitrogen and oxygen atoms in total. The van der Waals surface area contributed by atoms with Crippen molar-refractivity contribution in [1.29, 1.82) is 0 Å². The molecule has 2 fully saturated rings. The summed E-state index contributed by atoms with van der Waals surface area (Å²) in [6, 6.07) is 4.04. The first-order valence-electron chi connectivity index (χ1n) is 15.1. The summed E-state index contributed by atoms with van der Waals surface area (Å²) in [7, 11) is 2.16. The number of hydrogen-bond donors (Lipinski definition) is 3. The van der Waals surface area contributed by atoms with Crippen molar-refractivity contribution in [3.63, 3.8) is 0 Å². The lowest BCUT2D eigenvalue weighted by atomic mass is 9.87. The van der Waals surface area contributed by atoms with Crippen LogP contribution in [0.3, 0.4) is 0 Å². The van der Waals surface area contributed by atoms with Gasteiger partial charge in [0.2, 0.25) is 0 Å². The molecule has 1 saturated carbocycles. The molecule has 3 N–H and O–H groups in total. The lowest BCUT2D eigenvalue weighted by Crippen LogP contribution is -2.43. The third-order valence-corrected chi connectivity index (χ3v) is 8.42. The quantitative estimate of drug-likeness (QED) is 0.241. The van der Waals surface area contributed by atoms with Crippen LogP contribution in [0.2, 0.25) is 0 Å². The van der Waals surface area contributed by atoms with Gasteiger partial charge >= 0.3 is 0 Å². The van der Waals surface area contributed by atoms with Crippen LogP contribution in [0.15, 0.2) is 73.6 Å². The highest BCUT2D eigenvalue weighted by molar-refractivity contribution is 5.90. The number of rotatable bonds is 10. The highest BCUT2D eigenvalue weighted by Crippen LogP contribution is 2.31. The molecule has 3 aromatic rings. The summed E-state index contributed by atoms with van der Waals surface area (Å²) >= 11 is 0. The van der Waals surface area contributed by atoms with E-state index in [0.717, 1.165) is 77.0 Å². The van der Waals surface area contributed by atoms with Crippen molar-refractivity contribution in [3.05, 3.63) is 90.7 Å². The first-order valence-corrected chi connectivity index (χ1v) is 15.1. The van der Waals surface area contributed by atoms with Crippen molar-refractivity contribution in [2.75, 3.05) is 33.2 Å². The number of allylic oxidation sites excluding steroid dienone is 7. The molecule has 42 heavy (non-hydrogen) atoms. The van der Waals surface area contributed by atoms with Crippen LogP contribution in [0, 0.1) is 12.8 Å². The number of aromatic amines is 2. The van der Waals surface area contributed by atoms with Gasteiger partial charge in [-0.05, 0) is 75.6 Å². The van der Waals surface area contributed by atoms with E-state index in [1.807, 2.05) is 31.2 Å². The molecular weight excluding hydrogens is 520 g/mol. The Morgan fingerprint density at radius 1 is 1.07 bits per heavy atom. The van der Waals surface area contributed by atoms with Crippen molar-refractivity contribution in [3.8, 4) is 11.5 Å². The number of imidazole rings is 1. The lowest BCUT2D eigenvalue weighted by Gasteiger charge is -2.35. The molecule has 0 radical (unpaired) electrons. The summed E-state index contributed by atoms with van der Waals surface area (Å²) in [6.07, 6.45) is 16.2. The zero-order valence-corrected chi connectivity index (χ0v) is 25.3. The van der Waals surface area contributed by atoms with Crippen molar-refractivity contribution < 1.29 is 0 Å². The van der Waals surface area contributed by atoms with Gasteiger partial charge < -0.3 is 20.1 Å². The second-order valence-electron chi connectivity index (χ2n) is 11.3. The second kappa shape index (κ2) is 13.2. The Labute approximate surface area is 249 Å². The maximum atomic E-state index is 5.06. The van der Waals surface area contributed by atoms with E-state index in [-0.39, 0.29) is 0 Å². The van der Waals surface area contributed by atoms with E-state index in [1.165, 1.54) is 32.1 Å². The number of nitrogens with one attached hydrogen (secondary N) is 3. The molecular formula is C34H44N8. The third-order valence-electron chi connectivity index (χ3n) is 8.42. The molecule has 5 rings (SSSR count). The Kier molecular flexibility index (Phi) is 9.22. The van der Waals surface area contributed by atoms with Gasteiger partial charge in [0.1, 0.15) is 11.2 Å². The van der Waals surface area contributed by atoms with Gasteiger partial charge in [-0.1, -0.05) is 51.2 Å². The van der Waals surface area contributed by atoms with E-state index in [4.69, 9.17) is 9.97 Å². The number of piperazine rings is 1. The normalized spacial score (nSPS) is 18.0. The van der Waals surface area contributed by atoms with Gasteiger partial charge in [0.15, 0.2) is 11.5 Å². The van der Waals surface area contributed by atoms with E-state index in [2.05, 4.69) is 82.2 Å². The number of likely N-dealkylation sites (N-methyl/N-ethyl adjacent to an activating group) is 1. The molecule has 1 aliphatic heterocycles. The van der Waals surface area contributed by atoms with E-state index in [0.29, 0.717) is 17.4 Å². The molecule has 1 aliphatic carbocycles. The summed E-state index contributed by atoms with van der Waals surface area (Å²) in [5.41, 5.74) is 9.14. The molecule has 220 valence electrons. The minimum Gasteiger partial charge on any atom is -0.367 e. The molecule has 0 amide bonds. The van der Waals surface area contributed by atoms with Crippen LogP contribution < -0.4 is 5.32 Å². The van der Waals surface area contributed by atoms with Crippen molar-refractivity contribution in [1.82, 2.24) is 40.3 Å². The van der Waals surface area contributed by atoms with E-state index in [9.17, 15) is 0 Å². The van der Waals surface area contributed by atoms with Crippen LogP contribution in [-0.4, -0.2) is 68.2 Å². The molecule has 0 unspecified atom stereocenters. The molecule has 0 bridgehead atoms. The minimum atomic E-state index is 0.513. The van der Waals surface area contributed by atoms with Gasteiger partial charge in [0.25, 0.3) is 0 Å². The smallest absolute Gasteiger partial charge is 0.161 e.